The highest BCUT2D eigenvalue weighted by Gasteiger charge is 2.30. The number of carbonyl (C=O) groups is 1. The maximum atomic E-state index is 12.6. The van der Waals surface area contributed by atoms with Crippen LogP contribution in [0.2, 0.25) is 0 Å². The van der Waals surface area contributed by atoms with Crippen LogP contribution in [-0.4, -0.2) is 48.6 Å². The second-order valence-electron chi connectivity index (χ2n) is 5.89. The van der Waals surface area contributed by atoms with E-state index in [1.165, 1.54) is 12.8 Å². The fourth-order valence-corrected chi connectivity index (χ4v) is 3.51. The van der Waals surface area contributed by atoms with E-state index in [-0.39, 0.29) is 5.91 Å². The highest BCUT2D eigenvalue weighted by Crippen LogP contribution is 2.27. The van der Waals surface area contributed by atoms with E-state index in [0.717, 1.165) is 32.5 Å². The van der Waals surface area contributed by atoms with Gasteiger partial charge in [0.15, 0.2) is 0 Å². The minimum Gasteiger partial charge on any atom is -0.480 e. The minimum absolute atomic E-state index is 0.0396. The molecule has 1 unspecified atom stereocenters. The van der Waals surface area contributed by atoms with E-state index in [1.54, 1.807) is 25.4 Å². The molecular weight excluding hydrogens is 266 g/mol. The third kappa shape index (κ3) is 3.02. The third-order valence-electron chi connectivity index (χ3n) is 4.69. The van der Waals surface area contributed by atoms with Crippen LogP contribution in [0.15, 0.2) is 18.3 Å². The standard InChI is InChI=1S/C16H23N3O2/c1-21-15-13(4-2-9-18-15)16(20)19-10-6-12(7-11-19)14-5-3-8-17-14/h2,4,9,12,14,17H,3,5-8,10-11H2,1H3. The van der Waals surface area contributed by atoms with E-state index in [1.807, 2.05) is 4.90 Å². The molecule has 114 valence electrons. The van der Waals surface area contributed by atoms with Crippen molar-refractivity contribution >= 4 is 5.91 Å². The Morgan fingerprint density at radius 2 is 2.19 bits per heavy atom. The maximum absolute atomic E-state index is 12.6. The van der Waals surface area contributed by atoms with Gasteiger partial charge in [0.2, 0.25) is 5.88 Å². The van der Waals surface area contributed by atoms with E-state index in [4.69, 9.17) is 4.74 Å². The molecule has 1 aromatic heterocycles. The average molecular weight is 289 g/mol. The smallest absolute Gasteiger partial charge is 0.259 e. The zero-order valence-electron chi connectivity index (χ0n) is 12.5. The molecule has 3 rings (SSSR count). The van der Waals surface area contributed by atoms with Crippen LogP contribution in [0.1, 0.15) is 36.0 Å². The number of likely N-dealkylation sites (tertiary alicyclic amines) is 1. The van der Waals surface area contributed by atoms with Crippen molar-refractivity contribution in [1.29, 1.82) is 0 Å². The average Bonchev–Trinajstić information content (AvgIpc) is 3.09. The number of methoxy groups -OCH3 is 1. The lowest BCUT2D eigenvalue weighted by Crippen LogP contribution is -2.43. The van der Waals surface area contributed by atoms with Crippen molar-refractivity contribution in [2.24, 2.45) is 5.92 Å². The van der Waals surface area contributed by atoms with E-state index in [2.05, 4.69) is 10.3 Å². The topological polar surface area (TPSA) is 54.5 Å². The molecule has 21 heavy (non-hydrogen) atoms. The van der Waals surface area contributed by atoms with Crippen molar-refractivity contribution in [3.8, 4) is 5.88 Å². The second-order valence-corrected chi connectivity index (χ2v) is 5.89. The van der Waals surface area contributed by atoms with Gasteiger partial charge in [0.25, 0.3) is 5.91 Å². The normalized spacial score (nSPS) is 23.3. The maximum Gasteiger partial charge on any atom is 0.259 e. The third-order valence-corrected chi connectivity index (χ3v) is 4.69. The summed E-state index contributed by atoms with van der Waals surface area (Å²) >= 11 is 0. The molecule has 2 saturated heterocycles. The molecule has 1 atom stereocenters. The number of ether oxygens (including phenoxy) is 1. The van der Waals surface area contributed by atoms with Gasteiger partial charge in [0, 0.05) is 25.3 Å². The quantitative estimate of drug-likeness (QED) is 0.920. The van der Waals surface area contributed by atoms with E-state index >= 15 is 0 Å². The first-order chi connectivity index (χ1) is 10.3. The highest BCUT2D eigenvalue weighted by molar-refractivity contribution is 5.96. The van der Waals surface area contributed by atoms with Gasteiger partial charge in [-0.15, -0.1) is 0 Å². The zero-order chi connectivity index (χ0) is 14.7. The first-order valence-electron chi connectivity index (χ1n) is 7.81. The number of nitrogens with zero attached hydrogens (tertiary/aromatic N) is 2. The number of hydrogen-bond donors (Lipinski definition) is 1. The molecule has 0 saturated carbocycles. The summed E-state index contributed by atoms with van der Waals surface area (Å²) in [6.45, 7) is 2.82. The van der Waals surface area contributed by atoms with Crippen molar-refractivity contribution in [3.05, 3.63) is 23.9 Å². The molecule has 2 fully saturated rings. The summed E-state index contributed by atoms with van der Waals surface area (Å²) in [6, 6.07) is 4.24. The first kappa shape index (κ1) is 14.3. The van der Waals surface area contributed by atoms with E-state index in [9.17, 15) is 4.79 Å². The number of rotatable bonds is 3. The molecule has 5 heteroatoms. The van der Waals surface area contributed by atoms with Crippen LogP contribution in [0.4, 0.5) is 0 Å². The molecule has 0 radical (unpaired) electrons. The predicted octanol–water partition coefficient (Wildman–Crippen LogP) is 1.69. The van der Waals surface area contributed by atoms with Crippen molar-refractivity contribution in [2.45, 2.75) is 31.7 Å². The van der Waals surface area contributed by atoms with Crippen molar-refractivity contribution in [3.63, 3.8) is 0 Å². The van der Waals surface area contributed by atoms with Gasteiger partial charge in [-0.2, -0.15) is 0 Å². The lowest BCUT2D eigenvalue weighted by molar-refractivity contribution is 0.0670. The number of nitrogens with one attached hydrogen (secondary N) is 1. The van der Waals surface area contributed by atoms with Gasteiger partial charge < -0.3 is 15.0 Å². The van der Waals surface area contributed by atoms with Gasteiger partial charge in [0.1, 0.15) is 5.56 Å². The molecule has 3 heterocycles. The van der Waals surface area contributed by atoms with Gasteiger partial charge in [0.05, 0.1) is 7.11 Å². The largest absolute Gasteiger partial charge is 0.480 e. The lowest BCUT2D eigenvalue weighted by atomic mass is 9.88. The Kier molecular flexibility index (Phi) is 4.39. The molecule has 0 aliphatic carbocycles. The molecule has 0 aromatic carbocycles. The van der Waals surface area contributed by atoms with Crippen LogP contribution in [0, 0.1) is 5.92 Å². The van der Waals surface area contributed by atoms with E-state index < -0.39 is 0 Å². The van der Waals surface area contributed by atoms with Crippen molar-refractivity contribution in [1.82, 2.24) is 15.2 Å². The van der Waals surface area contributed by atoms with Crippen molar-refractivity contribution in [2.75, 3.05) is 26.7 Å². The van der Waals surface area contributed by atoms with Crippen LogP contribution in [0.25, 0.3) is 0 Å². The Morgan fingerprint density at radius 3 is 2.86 bits per heavy atom. The number of piperidine rings is 1. The number of pyridine rings is 1. The number of carbonyl (C=O) groups excluding carboxylic acids is 1. The van der Waals surface area contributed by atoms with Crippen LogP contribution >= 0.6 is 0 Å². The molecule has 2 aliphatic rings. The summed E-state index contributed by atoms with van der Waals surface area (Å²) in [7, 11) is 1.55. The van der Waals surface area contributed by atoms with E-state index in [0.29, 0.717) is 23.4 Å². The summed E-state index contributed by atoms with van der Waals surface area (Å²) in [4.78, 5) is 18.6. The van der Waals surface area contributed by atoms with Gasteiger partial charge in [-0.3, -0.25) is 4.79 Å². The van der Waals surface area contributed by atoms with Gasteiger partial charge in [-0.1, -0.05) is 0 Å². The number of amides is 1. The SMILES string of the molecule is COc1ncccc1C(=O)N1CCC(C2CCCN2)CC1. The Bertz CT molecular complexity index is 492. The molecule has 2 aliphatic heterocycles. The fourth-order valence-electron chi connectivity index (χ4n) is 3.51. The van der Waals surface area contributed by atoms with Crippen molar-refractivity contribution < 1.29 is 9.53 Å². The molecule has 1 aromatic rings. The molecular formula is C16H23N3O2. The van der Waals surface area contributed by atoms with Crippen LogP contribution in [0.5, 0.6) is 5.88 Å². The minimum atomic E-state index is 0.0396. The summed E-state index contributed by atoms with van der Waals surface area (Å²) in [5.41, 5.74) is 0.567. The lowest BCUT2D eigenvalue weighted by Gasteiger charge is -2.35. The summed E-state index contributed by atoms with van der Waals surface area (Å²) in [5, 5.41) is 3.59. The summed E-state index contributed by atoms with van der Waals surface area (Å²) in [5.74, 6) is 1.17. The monoisotopic (exact) mass is 289 g/mol. The molecule has 0 spiro atoms. The zero-order valence-corrected chi connectivity index (χ0v) is 12.5. The Balaban J connectivity index is 1.62. The first-order valence-corrected chi connectivity index (χ1v) is 7.81. The van der Waals surface area contributed by atoms with Gasteiger partial charge in [-0.25, -0.2) is 4.98 Å². The summed E-state index contributed by atoms with van der Waals surface area (Å²) < 4.78 is 5.19. The number of hydrogen-bond acceptors (Lipinski definition) is 4. The highest BCUT2D eigenvalue weighted by atomic mass is 16.5. The molecule has 1 amide bonds. The Morgan fingerprint density at radius 1 is 1.38 bits per heavy atom. The molecule has 5 nitrogen and oxygen atoms in total. The predicted molar refractivity (Wildman–Crippen MR) is 80.4 cm³/mol. The molecule has 1 N–H and O–H groups in total. The molecule has 0 bridgehead atoms. The van der Waals surface area contributed by atoms with Crippen LogP contribution < -0.4 is 10.1 Å². The van der Waals surface area contributed by atoms with Gasteiger partial charge >= 0.3 is 0 Å². The van der Waals surface area contributed by atoms with Crippen LogP contribution in [0.3, 0.4) is 0 Å². The summed E-state index contributed by atoms with van der Waals surface area (Å²) in [6.07, 6.45) is 6.40. The number of aromatic nitrogens is 1. The van der Waals surface area contributed by atoms with Crippen LogP contribution in [-0.2, 0) is 0 Å². The Labute approximate surface area is 125 Å². The fraction of sp³-hybridized carbons (Fsp3) is 0.625. The van der Waals surface area contributed by atoms with Gasteiger partial charge in [-0.05, 0) is 50.3 Å². The second kappa shape index (κ2) is 6.43. The Hall–Kier alpha value is -1.62.